The molecule has 6 heteroatoms. The lowest BCUT2D eigenvalue weighted by molar-refractivity contribution is 0.607. The average Bonchev–Trinajstić information content (AvgIpc) is 3.06. The Bertz CT molecular complexity index is 413. The van der Waals surface area contributed by atoms with Crippen LogP contribution >= 0.6 is 0 Å². The average molecular weight is 250 g/mol. The van der Waals surface area contributed by atoms with E-state index in [1.54, 1.807) is 0 Å². The number of anilines is 3. The van der Waals surface area contributed by atoms with Crippen molar-refractivity contribution in [3.05, 3.63) is 0 Å². The second-order valence-electron chi connectivity index (χ2n) is 5.37. The highest BCUT2D eigenvalue weighted by Crippen LogP contribution is 2.44. The first kappa shape index (κ1) is 12.9. The maximum absolute atomic E-state index is 4.40. The van der Waals surface area contributed by atoms with Crippen LogP contribution in [0.4, 0.5) is 17.8 Å². The number of nitrogens with zero attached hydrogens (tertiary/aromatic N) is 4. The first-order chi connectivity index (χ1) is 8.52. The Hall–Kier alpha value is -1.59. The lowest BCUT2D eigenvalue weighted by atomic mass is 10.1. The van der Waals surface area contributed by atoms with E-state index in [0.29, 0.717) is 23.3 Å². The summed E-state index contributed by atoms with van der Waals surface area (Å²) in [5, 5.41) is 6.44. The van der Waals surface area contributed by atoms with E-state index in [4.69, 9.17) is 0 Å². The molecule has 0 aliphatic heterocycles. The van der Waals surface area contributed by atoms with E-state index >= 15 is 0 Å². The van der Waals surface area contributed by atoms with Crippen LogP contribution in [-0.2, 0) is 0 Å². The molecule has 0 aromatic carbocycles. The van der Waals surface area contributed by atoms with Crippen LogP contribution in [0.3, 0.4) is 0 Å². The largest absolute Gasteiger partial charge is 0.354 e. The third-order valence-electron chi connectivity index (χ3n) is 3.14. The molecule has 1 aromatic rings. The fourth-order valence-electron chi connectivity index (χ4n) is 1.56. The van der Waals surface area contributed by atoms with Gasteiger partial charge in [0.2, 0.25) is 17.8 Å². The summed E-state index contributed by atoms with van der Waals surface area (Å²) in [7, 11) is 3.86. The van der Waals surface area contributed by atoms with Crippen molar-refractivity contribution in [3.63, 3.8) is 0 Å². The predicted molar refractivity (Wildman–Crippen MR) is 74.1 cm³/mol. The molecule has 18 heavy (non-hydrogen) atoms. The Balaban J connectivity index is 2.11. The normalized spacial score (nSPS) is 16.2. The van der Waals surface area contributed by atoms with Crippen LogP contribution in [0.1, 0.15) is 26.7 Å². The summed E-state index contributed by atoms with van der Waals surface area (Å²) in [4.78, 5) is 15.0. The molecule has 2 rings (SSSR count). The highest BCUT2D eigenvalue weighted by atomic mass is 15.3. The minimum atomic E-state index is 0.434. The minimum absolute atomic E-state index is 0.434. The van der Waals surface area contributed by atoms with Gasteiger partial charge < -0.3 is 15.5 Å². The molecule has 1 heterocycles. The molecule has 0 radical (unpaired) electrons. The van der Waals surface area contributed by atoms with Gasteiger partial charge in [-0.05, 0) is 25.2 Å². The SMILES string of the molecule is CCNc1nc(NCC2(C)CC2)nc(N(C)C)n1. The molecular formula is C12H22N6. The summed E-state index contributed by atoms with van der Waals surface area (Å²) < 4.78 is 0. The van der Waals surface area contributed by atoms with Gasteiger partial charge >= 0.3 is 0 Å². The van der Waals surface area contributed by atoms with Crippen molar-refractivity contribution in [2.24, 2.45) is 5.41 Å². The Labute approximate surface area is 108 Å². The maximum Gasteiger partial charge on any atom is 0.231 e. The third kappa shape index (κ3) is 3.21. The van der Waals surface area contributed by atoms with Crippen LogP contribution in [0.25, 0.3) is 0 Å². The Morgan fingerprint density at radius 1 is 1.11 bits per heavy atom. The van der Waals surface area contributed by atoms with Crippen molar-refractivity contribution in [1.82, 2.24) is 15.0 Å². The molecule has 2 N–H and O–H groups in total. The van der Waals surface area contributed by atoms with Crippen molar-refractivity contribution in [3.8, 4) is 0 Å². The second-order valence-corrected chi connectivity index (χ2v) is 5.37. The fourth-order valence-corrected chi connectivity index (χ4v) is 1.56. The zero-order valence-corrected chi connectivity index (χ0v) is 11.6. The quantitative estimate of drug-likeness (QED) is 0.799. The van der Waals surface area contributed by atoms with Crippen LogP contribution in [0.5, 0.6) is 0 Å². The van der Waals surface area contributed by atoms with Gasteiger partial charge in [-0.2, -0.15) is 15.0 Å². The fraction of sp³-hybridized carbons (Fsp3) is 0.750. The van der Waals surface area contributed by atoms with Gasteiger partial charge in [-0.15, -0.1) is 0 Å². The van der Waals surface area contributed by atoms with Crippen LogP contribution < -0.4 is 15.5 Å². The molecule has 1 aliphatic carbocycles. The standard InChI is InChI=1S/C12H22N6/c1-5-13-9-15-10(14-8-12(2)6-7-12)17-11(16-9)18(3)4/h5-8H2,1-4H3,(H2,13,14,15,16,17). The van der Waals surface area contributed by atoms with Crippen LogP contribution in [0, 0.1) is 5.41 Å². The minimum Gasteiger partial charge on any atom is -0.354 e. The van der Waals surface area contributed by atoms with E-state index < -0.39 is 0 Å². The summed E-state index contributed by atoms with van der Waals surface area (Å²) in [5.41, 5.74) is 0.434. The summed E-state index contributed by atoms with van der Waals surface area (Å²) in [6, 6.07) is 0. The summed E-state index contributed by atoms with van der Waals surface area (Å²) >= 11 is 0. The smallest absolute Gasteiger partial charge is 0.231 e. The van der Waals surface area contributed by atoms with E-state index in [-0.39, 0.29) is 0 Å². The summed E-state index contributed by atoms with van der Waals surface area (Å²) in [6.45, 7) is 6.03. The highest BCUT2D eigenvalue weighted by molar-refractivity contribution is 5.43. The van der Waals surface area contributed by atoms with Gasteiger partial charge in [0.1, 0.15) is 0 Å². The Morgan fingerprint density at radius 3 is 2.22 bits per heavy atom. The number of rotatable bonds is 6. The lowest BCUT2D eigenvalue weighted by Gasteiger charge is -2.15. The maximum atomic E-state index is 4.40. The Kier molecular flexibility index (Phi) is 3.54. The number of hydrogen-bond donors (Lipinski definition) is 2. The van der Waals surface area contributed by atoms with Gasteiger partial charge in [-0.25, -0.2) is 0 Å². The van der Waals surface area contributed by atoms with Gasteiger partial charge in [-0.1, -0.05) is 6.92 Å². The van der Waals surface area contributed by atoms with E-state index in [1.807, 2.05) is 25.9 Å². The monoisotopic (exact) mass is 250 g/mol. The van der Waals surface area contributed by atoms with E-state index in [0.717, 1.165) is 13.1 Å². The highest BCUT2D eigenvalue weighted by Gasteiger charge is 2.37. The molecular weight excluding hydrogens is 228 g/mol. The van der Waals surface area contributed by atoms with Gasteiger partial charge in [0.15, 0.2) is 0 Å². The van der Waals surface area contributed by atoms with Crippen molar-refractivity contribution in [1.29, 1.82) is 0 Å². The van der Waals surface area contributed by atoms with E-state index in [9.17, 15) is 0 Å². The van der Waals surface area contributed by atoms with Crippen molar-refractivity contribution in [2.45, 2.75) is 26.7 Å². The van der Waals surface area contributed by atoms with Crippen LogP contribution in [0.15, 0.2) is 0 Å². The number of aromatic nitrogens is 3. The second kappa shape index (κ2) is 4.96. The summed E-state index contributed by atoms with van der Waals surface area (Å²) in [6.07, 6.45) is 2.57. The van der Waals surface area contributed by atoms with Crippen LogP contribution in [0.2, 0.25) is 0 Å². The summed E-state index contributed by atoms with van der Waals surface area (Å²) in [5.74, 6) is 1.95. The van der Waals surface area contributed by atoms with Crippen molar-refractivity contribution >= 4 is 17.8 Å². The molecule has 100 valence electrons. The predicted octanol–water partition coefficient (Wildman–Crippen LogP) is 1.58. The molecule has 0 spiro atoms. The topological polar surface area (TPSA) is 66.0 Å². The third-order valence-corrected chi connectivity index (χ3v) is 3.14. The van der Waals surface area contributed by atoms with E-state index in [2.05, 4.69) is 32.5 Å². The first-order valence-electron chi connectivity index (χ1n) is 6.43. The number of nitrogens with one attached hydrogen (secondary N) is 2. The molecule has 0 amide bonds. The Morgan fingerprint density at radius 2 is 1.72 bits per heavy atom. The zero-order valence-electron chi connectivity index (χ0n) is 11.6. The van der Waals surface area contributed by atoms with Gasteiger partial charge in [0.25, 0.3) is 0 Å². The molecule has 1 saturated carbocycles. The first-order valence-corrected chi connectivity index (χ1v) is 6.43. The molecule has 0 atom stereocenters. The molecule has 1 aliphatic rings. The van der Waals surface area contributed by atoms with Gasteiger partial charge in [0.05, 0.1) is 0 Å². The zero-order chi connectivity index (χ0) is 13.2. The molecule has 1 aromatic heterocycles. The van der Waals surface area contributed by atoms with Crippen LogP contribution in [-0.4, -0.2) is 42.1 Å². The molecule has 0 unspecified atom stereocenters. The number of hydrogen-bond acceptors (Lipinski definition) is 6. The van der Waals surface area contributed by atoms with Crippen molar-refractivity contribution < 1.29 is 0 Å². The molecule has 0 saturated heterocycles. The molecule has 1 fully saturated rings. The van der Waals surface area contributed by atoms with E-state index in [1.165, 1.54) is 12.8 Å². The molecule has 6 nitrogen and oxygen atoms in total. The molecule has 0 bridgehead atoms. The van der Waals surface area contributed by atoms with Crippen molar-refractivity contribution in [2.75, 3.05) is 42.7 Å². The lowest BCUT2D eigenvalue weighted by Crippen LogP contribution is -2.19. The van der Waals surface area contributed by atoms with Gasteiger partial charge in [-0.3, -0.25) is 0 Å². The van der Waals surface area contributed by atoms with Gasteiger partial charge in [0, 0.05) is 27.2 Å².